The summed E-state index contributed by atoms with van der Waals surface area (Å²) in [5.41, 5.74) is 2.43. The molecule has 0 aromatic heterocycles. The average Bonchev–Trinajstić information content (AvgIpc) is 3.44. The van der Waals surface area contributed by atoms with Crippen LogP contribution in [0, 0.1) is 5.82 Å². The third kappa shape index (κ3) is 4.51. The van der Waals surface area contributed by atoms with Gasteiger partial charge in [-0.15, -0.1) is 0 Å². The number of nitrogens with one attached hydrogen (secondary N) is 2. The molecule has 0 atom stereocenters. The zero-order valence-electron chi connectivity index (χ0n) is 16.6. The molecule has 2 heterocycles. The quantitative estimate of drug-likeness (QED) is 0.720. The molecule has 2 aromatic rings. The molecule has 0 saturated carbocycles. The maximum atomic E-state index is 13.3. The van der Waals surface area contributed by atoms with Crippen molar-refractivity contribution in [1.29, 1.82) is 0 Å². The van der Waals surface area contributed by atoms with E-state index in [1.165, 1.54) is 18.2 Å². The van der Waals surface area contributed by atoms with Crippen molar-refractivity contribution in [2.24, 2.45) is 0 Å². The molecule has 0 unspecified atom stereocenters. The number of urea groups is 1. The molecule has 158 valence electrons. The van der Waals surface area contributed by atoms with E-state index in [1.807, 2.05) is 11.0 Å². The van der Waals surface area contributed by atoms with Crippen molar-refractivity contribution < 1.29 is 14.0 Å². The zero-order valence-corrected chi connectivity index (χ0v) is 17.3. The number of hydrogen-bond acceptors (Lipinski definition) is 3. The average molecular weight is 431 g/mol. The van der Waals surface area contributed by atoms with Crippen LogP contribution in [0.25, 0.3) is 0 Å². The Balaban J connectivity index is 1.54. The topological polar surface area (TPSA) is 64.7 Å². The normalized spacial score (nSPS) is 16.1. The minimum Gasteiger partial charge on any atom is -0.371 e. The zero-order chi connectivity index (χ0) is 21.1. The number of nitrogens with zero attached hydrogens (tertiary/aromatic N) is 2. The van der Waals surface area contributed by atoms with Gasteiger partial charge in [0, 0.05) is 43.2 Å². The number of benzene rings is 2. The van der Waals surface area contributed by atoms with Crippen molar-refractivity contribution in [3.63, 3.8) is 0 Å². The molecule has 2 N–H and O–H groups in total. The first-order valence-electron chi connectivity index (χ1n) is 10.2. The molecule has 30 heavy (non-hydrogen) atoms. The minimum absolute atomic E-state index is 0.00349. The third-order valence-corrected chi connectivity index (χ3v) is 5.79. The van der Waals surface area contributed by atoms with E-state index in [1.54, 1.807) is 12.1 Å². The highest BCUT2D eigenvalue weighted by Gasteiger charge is 2.25. The molecular formula is C22H24ClFN4O2. The van der Waals surface area contributed by atoms with Crippen LogP contribution in [-0.4, -0.2) is 43.0 Å². The lowest BCUT2D eigenvalue weighted by molar-refractivity contribution is 0.0793. The summed E-state index contributed by atoms with van der Waals surface area (Å²) >= 11 is 5.76. The molecule has 2 saturated heterocycles. The van der Waals surface area contributed by atoms with Crippen molar-refractivity contribution in [3.05, 3.63) is 52.8 Å². The van der Waals surface area contributed by atoms with Gasteiger partial charge in [-0.25, -0.2) is 9.18 Å². The van der Waals surface area contributed by atoms with Gasteiger partial charge in [0.15, 0.2) is 0 Å². The Morgan fingerprint density at radius 3 is 2.13 bits per heavy atom. The number of anilines is 3. The van der Waals surface area contributed by atoms with Gasteiger partial charge >= 0.3 is 6.03 Å². The van der Waals surface area contributed by atoms with Crippen LogP contribution in [0.1, 0.15) is 36.0 Å². The maximum Gasteiger partial charge on any atom is 0.323 e. The van der Waals surface area contributed by atoms with Gasteiger partial charge < -0.3 is 20.4 Å². The van der Waals surface area contributed by atoms with E-state index in [9.17, 15) is 14.0 Å². The van der Waals surface area contributed by atoms with Crippen molar-refractivity contribution >= 4 is 40.6 Å². The number of carbonyl (C=O) groups excluding carboxylic acids is 2. The van der Waals surface area contributed by atoms with Gasteiger partial charge in [0.1, 0.15) is 5.82 Å². The summed E-state index contributed by atoms with van der Waals surface area (Å²) in [7, 11) is 0. The summed E-state index contributed by atoms with van der Waals surface area (Å²) < 4.78 is 13.3. The number of likely N-dealkylation sites (tertiary alicyclic amines) is 1. The van der Waals surface area contributed by atoms with Crippen LogP contribution in [0.2, 0.25) is 5.02 Å². The first-order chi connectivity index (χ1) is 14.5. The Morgan fingerprint density at radius 1 is 0.867 bits per heavy atom. The van der Waals surface area contributed by atoms with Crippen molar-refractivity contribution in [3.8, 4) is 0 Å². The fourth-order valence-corrected chi connectivity index (χ4v) is 4.16. The molecule has 0 spiro atoms. The molecule has 2 aliphatic heterocycles. The fourth-order valence-electron chi connectivity index (χ4n) is 3.98. The second kappa shape index (κ2) is 8.92. The standard InChI is InChI=1S/C22H24ClFN4O2/c23-18-14-16(5-7-19(18)24)26-22(30)25-15-6-8-20(27-9-1-2-10-27)17(13-15)21(29)28-11-3-4-12-28/h5-8,13-14H,1-4,9-12H2,(H2,25,26,30). The molecule has 2 aliphatic rings. The minimum atomic E-state index is -0.551. The molecule has 6 nitrogen and oxygen atoms in total. The Morgan fingerprint density at radius 2 is 1.47 bits per heavy atom. The van der Waals surface area contributed by atoms with Crippen molar-refractivity contribution in [1.82, 2.24) is 4.90 Å². The van der Waals surface area contributed by atoms with Crippen LogP contribution in [0.15, 0.2) is 36.4 Å². The lowest BCUT2D eigenvalue weighted by Gasteiger charge is -2.24. The van der Waals surface area contributed by atoms with Gasteiger partial charge in [-0.1, -0.05) is 11.6 Å². The molecule has 2 fully saturated rings. The number of hydrogen-bond donors (Lipinski definition) is 2. The highest BCUT2D eigenvalue weighted by molar-refractivity contribution is 6.31. The molecule has 0 radical (unpaired) electrons. The number of amides is 3. The summed E-state index contributed by atoms with van der Waals surface area (Å²) in [6.07, 6.45) is 4.26. The van der Waals surface area contributed by atoms with Gasteiger partial charge in [-0.05, 0) is 62.1 Å². The van der Waals surface area contributed by atoms with E-state index in [0.29, 0.717) is 16.9 Å². The second-order valence-corrected chi connectivity index (χ2v) is 8.04. The lowest BCUT2D eigenvalue weighted by atomic mass is 10.1. The summed E-state index contributed by atoms with van der Waals surface area (Å²) in [5.74, 6) is -0.547. The van der Waals surface area contributed by atoms with Crippen LogP contribution in [0.5, 0.6) is 0 Å². The third-order valence-electron chi connectivity index (χ3n) is 5.50. The van der Waals surface area contributed by atoms with Crippen LogP contribution < -0.4 is 15.5 Å². The van der Waals surface area contributed by atoms with E-state index in [2.05, 4.69) is 15.5 Å². The molecule has 0 aliphatic carbocycles. The van der Waals surface area contributed by atoms with Gasteiger partial charge in [0.05, 0.1) is 10.6 Å². The first kappa shape index (κ1) is 20.5. The SMILES string of the molecule is O=C(Nc1ccc(F)c(Cl)c1)Nc1ccc(N2CCCC2)c(C(=O)N2CCCC2)c1. The van der Waals surface area contributed by atoms with E-state index < -0.39 is 11.8 Å². The second-order valence-electron chi connectivity index (χ2n) is 7.63. The van der Waals surface area contributed by atoms with Gasteiger partial charge in [0.2, 0.25) is 0 Å². The van der Waals surface area contributed by atoms with Gasteiger partial charge in [0.25, 0.3) is 5.91 Å². The first-order valence-corrected chi connectivity index (χ1v) is 10.6. The maximum absolute atomic E-state index is 13.3. The highest BCUT2D eigenvalue weighted by atomic mass is 35.5. The molecule has 4 rings (SSSR count). The van der Waals surface area contributed by atoms with Gasteiger partial charge in [-0.3, -0.25) is 4.79 Å². The summed E-state index contributed by atoms with van der Waals surface area (Å²) in [6, 6.07) is 8.91. The Kier molecular flexibility index (Phi) is 6.08. The van der Waals surface area contributed by atoms with Crippen molar-refractivity contribution in [2.45, 2.75) is 25.7 Å². The number of carbonyl (C=O) groups is 2. The van der Waals surface area contributed by atoms with Crippen LogP contribution in [0.3, 0.4) is 0 Å². The Labute approximate surface area is 180 Å². The largest absolute Gasteiger partial charge is 0.371 e. The Bertz CT molecular complexity index is 956. The predicted octanol–water partition coefficient (Wildman–Crippen LogP) is 4.96. The molecule has 8 heteroatoms. The van der Waals surface area contributed by atoms with E-state index in [0.717, 1.165) is 57.5 Å². The molecule has 0 bridgehead atoms. The van der Waals surface area contributed by atoms with E-state index in [4.69, 9.17) is 11.6 Å². The Hall–Kier alpha value is -2.80. The smallest absolute Gasteiger partial charge is 0.323 e. The highest BCUT2D eigenvalue weighted by Crippen LogP contribution is 2.30. The predicted molar refractivity (Wildman–Crippen MR) is 117 cm³/mol. The van der Waals surface area contributed by atoms with Crippen LogP contribution >= 0.6 is 11.6 Å². The summed E-state index contributed by atoms with van der Waals surface area (Å²) in [5, 5.41) is 5.31. The van der Waals surface area contributed by atoms with E-state index in [-0.39, 0.29) is 10.9 Å². The van der Waals surface area contributed by atoms with Crippen LogP contribution in [0.4, 0.5) is 26.2 Å². The fraction of sp³-hybridized carbons (Fsp3) is 0.364. The number of halogens is 2. The lowest BCUT2D eigenvalue weighted by Crippen LogP contribution is -2.30. The van der Waals surface area contributed by atoms with Gasteiger partial charge in [-0.2, -0.15) is 0 Å². The summed E-state index contributed by atoms with van der Waals surface area (Å²) in [4.78, 5) is 29.6. The molecule has 2 aromatic carbocycles. The molecular weight excluding hydrogens is 407 g/mol. The van der Waals surface area contributed by atoms with Crippen molar-refractivity contribution in [2.75, 3.05) is 41.7 Å². The number of rotatable bonds is 4. The monoisotopic (exact) mass is 430 g/mol. The van der Waals surface area contributed by atoms with E-state index >= 15 is 0 Å². The molecule has 3 amide bonds. The van der Waals surface area contributed by atoms with Crippen LogP contribution in [-0.2, 0) is 0 Å². The summed E-state index contributed by atoms with van der Waals surface area (Å²) in [6.45, 7) is 3.39.